The van der Waals surface area contributed by atoms with Gasteiger partial charge in [-0.3, -0.25) is 9.89 Å². The van der Waals surface area contributed by atoms with Gasteiger partial charge in [0.05, 0.1) is 29.6 Å². The second-order valence-electron chi connectivity index (χ2n) is 11.1. The van der Waals surface area contributed by atoms with E-state index in [1.54, 1.807) is 0 Å². The van der Waals surface area contributed by atoms with Crippen LogP contribution < -0.4 is 4.90 Å². The first kappa shape index (κ1) is 22.7. The zero-order valence-electron chi connectivity index (χ0n) is 21.0. The van der Waals surface area contributed by atoms with Crippen molar-refractivity contribution in [2.45, 2.75) is 45.8 Å². The van der Waals surface area contributed by atoms with Gasteiger partial charge in [-0.1, -0.05) is 12.6 Å². The third kappa shape index (κ3) is 3.41. The highest BCUT2D eigenvalue weighted by molar-refractivity contribution is 5.99. The van der Waals surface area contributed by atoms with Gasteiger partial charge in [-0.25, -0.2) is 4.98 Å². The minimum atomic E-state index is -0.328. The Kier molecular flexibility index (Phi) is 4.99. The normalized spacial score (nSPS) is 19.7. The van der Waals surface area contributed by atoms with Crippen LogP contribution in [0.3, 0.4) is 0 Å². The van der Waals surface area contributed by atoms with Crippen molar-refractivity contribution in [2.75, 3.05) is 31.1 Å². The summed E-state index contributed by atoms with van der Waals surface area (Å²) in [5, 5.41) is 18.9. The first-order valence-corrected chi connectivity index (χ1v) is 12.4. The predicted octanol–water partition coefficient (Wildman–Crippen LogP) is 3.88. The topological polar surface area (TPSA) is 98.1 Å². The largest absolute Gasteiger partial charge is 0.370 e. The number of rotatable bonds is 3. The lowest BCUT2D eigenvalue weighted by Gasteiger charge is -2.47. The summed E-state index contributed by atoms with van der Waals surface area (Å²) in [4.78, 5) is 21.3. The van der Waals surface area contributed by atoms with E-state index in [4.69, 9.17) is 9.72 Å². The van der Waals surface area contributed by atoms with Crippen LogP contribution in [0.5, 0.6) is 0 Å². The number of nitriles is 1. The number of aryl methyl sites for hydroxylation is 1. The lowest BCUT2D eigenvalue weighted by molar-refractivity contribution is -0.136. The van der Waals surface area contributed by atoms with E-state index >= 15 is 0 Å². The Morgan fingerprint density at radius 2 is 2.08 bits per heavy atom. The lowest BCUT2D eigenvalue weighted by atomic mass is 9.79. The number of ether oxygens (including phenoxy) is 1. The van der Waals surface area contributed by atoms with E-state index in [0.717, 1.165) is 77.3 Å². The second-order valence-corrected chi connectivity index (χ2v) is 11.1. The molecule has 1 N–H and O–H groups in total. The van der Waals surface area contributed by atoms with Crippen molar-refractivity contribution in [1.82, 2.24) is 20.1 Å². The highest BCUT2D eigenvalue weighted by Crippen LogP contribution is 2.46. The predicted molar refractivity (Wildman–Crippen MR) is 137 cm³/mol. The van der Waals surface area contributed by atoms with E-state index in [1.165, 1.54) is 6.08 Å². The number of anilines is 1. The van der Waals surface area contributed by atoms with Gasteiger partial charge in [-0.05, 0) is 50.5 Å². The highest BCUT2D eigenvalue weighted by atomic mass is 16.5. The van der Waals surface area contributed by atoms with Gasteiger partial charge in [0.1, 0.15) is 17.5 Å². The van der Waals surface area contributed by atoms with Gasteiger partial charge in [-0.2, -0.15) is 10.4 Å². The van der Waals surface area contributed by atoms with E-state index in [-0.39, 0.29) is 16.9 Å². The molecule has 36 heavy (non-hydrogen) atoms. The van der Waals surface area contributed by atoms with Crippen LogP contribution in [-0.2, 0) is 22.6 Å². The summed E-state index contributed by atoms with van der Waals surface area (Å²) in [7, 11) is 0. The average molecular weight is 483 g/mol. The number of benzene rings is 1. The summed E-state index contributed by atoms with van der Waals surface area (Å²) >= 11 is 0. The number of nitrogens with zero attached hydrogens (tertiary/aromatic N) is 5. The van der Waals surface area contributed by atoms with E-state index < -0.39 is 0 Å². The Morgan fingerprint density at radius 1 is 1.28 bits per heavy atom. The minimum Gasteiger partial charge on any atom is -0.370 e. The number of hydrogen-bond acceptors (Lipinski definition) is 6. The van der Waals surface area contributed by atoms with Crippen molar-refractivity contribution < 1.29 is 9.53 Å². The molecule has 0 atom stereocenters. The number of fused-ring (bicyclic) bond motifs is 2. The van der Waals surface area contributed by atoms with Crippen molar-refractivity contribution >= 4 is 22.6 Å². The van der Waals surface area contributed by atoms with Crippen LogP contribution in [0.25, 0.3) is 22.0 Å². The summed E-state index contributed by atoms with van der Waals surface area (Å²) in [6.45, 7) is 13.3. The summed E-state index contributed by atoms with van der Waals surface area (Å²) < 4.78 is 6.22. The molecule has 0 unspecified atom stereocenters. The van der Waals surface area contributed by atoms with E-state index in [2.05, 4.69) is 54.6 Å². The van der Waals surface area contributed by atoms with Crippen molar-refractivity contribution in [1.29, 1.82) is 5.26 Å². The Morgan fingerprint density at radius 3 is 2.83 bits per heavy atom. The number of likely N-dealkylation sites (tertiary alicyclic amines) is 1. The maximum absolute atomic E-state index is 12.0. The van der Waals surface area contributed by atoms with Gasteiger partial charge >= 0.3 is 0 Å². The molecule has 2 saturated heterocycles. The molecular weight excluding hydrogens is 452 g/mol. The summed E-state index contributed by atoms with van der Waals surface area (Å²) in [5.74, 6) is 0.728. The maximum atomic E-state index is 12.0. The molecule has 8 heteroatoms. The van der Waals surface area contributed by atoms with Gasteiger partial charge in [0.15, 0.2) is 0 Å². The summed E-state index contributed by atoms with van der Waals surface area (Å²) in [6, 6.07) is 6.62. The molecule has 8 nitrogen and oxygen atoms in total. The lowest BCUT2D eigenvalue weighted by Crippen LogP contribution is -2.59. The Bertz CT molecular complexity index is 1460. The van der Waals surface area contributed by atoms with Crippen LogP contribution in [0, 0.1) is 23.7 Å². The molecule has 1 spiro atoms. The number of pyridine rings is 1. The Labute approximate surface area is 210 Å². The van der Waals surface area contributed by atoms with Gasteiger partial charge in [0.2, 0.25) is 5.91 Å². The molecule has 1 amide bonds. The fourth-order valence-electron chi connectivity index (χ4n) is 6.17. The third-order valence-electron chi connectivity index (χ3n) is 8.04. The van der Waals surface area contributed by atoms with Crippen LogP contribution in [0.4, 0.5) is 5.82 Å². The van der Waals surface area contributed by atoms with Crippen molar-refractivity contribution in [2.24, 2.45) is 5.41 Å². The van der Waals surface area contributed by atoms with Crippen LogP contribution in [0.1, 0.15) is 42.7 Å². The van der Waals surface area contributed by atoms with Crippen molar-refractivity contribution in [3.05, 3.63) is 53.4 Å². The standard InChI is InChI=1S/C28H30N6O2/c1-5-23(35)34-15-28(16-34)8-9-33(14-28)26-18(11-29)25(20-13-36-27(3,4)10-22(20)31-26)24-17(2)6-7-21-19(24)12-30-32-21/h5-7,12H,1,8-10,13-16H2,2-4H3,(H,30,32). The number of aromatic nitrogens is 3. The maximum Gasteiger partial charge on any atom is 0.245 e. The average Bonchev–Trinajstić information content (AvgIpc) is 3.48. The molecule has 3 aliphatic heterocycles. The first-order valence-electron chi connectivity index (χ1n) is 12.4. The Balaban J connectivity index is 1.50. The number of carbonyl (C=O) groups is 1. The molecule has 0 saturated carbocycles. The molecule has 0 aliphatic carbocycles. The van der Waals surface area contributed by atoms with Crippen molar-refractivity contribution in [3.8, 4) is 17.2 Å². The van der Waals surface area contributed by atoms with Crippen LogP contribution in [-0.4, -0.2) is 57.8 Å². The molecule has 0 bridgehead atoms. The minimum absolute atomic E-state index is 0.0168. The molecule has 2 aromatic heterocycles. The van der Waals surface area contributed by atoms with E-state index in [0.29, 0.717) is 18.6 Å². The summed E-state index contributed by atoms with van der Waals surface area (Å²) in [6.07, 6.45) is 4.86. The molecule has 5 heterocycles. The van der Waals surface area contributed by atoms with Crippen LogP contribution in [0.15, 0.2) is 31.0 Å². The molecular formula is C28H30N6O2. The fourth-order valence-corrected chi connectivity index (χ4v) is 6.17. The number of aromatic amines is 1. The molecule has 3 aliphatic rings. The molecule has 3 aromatic rings. The highest BCUT2D eigenvalue weighted by Gasteiger charge is 2.49. The molecule has 1 aromatic carbocycles. The van der Waals surface area contributed by atoms with Gasteiger partial charge < -0.3 is 14.5 Å². The number of carbonyl (C=O) groups excluding carboxylic acids is 1. The zero-order valence-corrected chi connectivity index (χ0v) is 21.0. The number of hydrogen-bond donors (Lipinski definition) is 1. The van der Waals surface area contributed by atoms with Crippen LogP contribution in [0.2, 0.25) is 0 Å². The molecule has 0 radical (unpaired) electrons. The fraction of sp³-hybridized carbons (Fsp3) is 0.429. The third-order valence-corrected chi connectivity index (χ3v) is 8.04. The number of H-pyrrole nitrogens is 1. The Hall–Kier alpha value is -3.70. The van der Waals surface area contributed by atoms with Gasteiger partial charge in [0.25, 0.3) is 0 Å². The monoisotopic (exact) mass is 482 g/mol. The van der Waals surface area contributed by atoms with Crippen molar-refractivity contribution in [3.63, 3.8) is 0 Å². The van der Waals surface area contributed by atoms with Gasteiger partial charge in [0, 0.05) is 54.5 Å². The number of amides is 1. The smallest absolute Gasteiger partial charge is 0.245 e. The van der Waals surface area contributed by atoms with E-state index in [1.807, 2.05) is 17.2 Å². The summed E-state index contributed by atoms with van der Waals surface area (Å²) in [5.41, 5.74) is 6.24. The molecule has 2 fully saturated rings. The molecule has 184 valence electrons. The molecule has 6 rings (SSSR count). The second kappa shape index (κ2) is 7.90. The van der Waals surface area contributed by atoms with Gasteiger partial charge in [-0.15, -0.1) is 0 Å². The zero-order chi connectivity index (χ0) is 25.2. The SMILES string of the molecule is C=CC(=O)N1CC2(CCN(c3nc4c(c(-c5c(C)ccc6[nH]ncc56)c3C#N)COC(C)(C)C4)C2)C1. The van der Waals surface area contributed by atoms with E-state index in [9.17, 15) is 10.1 Å². The van der Waals surface area contributed by atoms with Crippen LogP contribution >= 0.6 is 0 Å². The first-order chi connectivity index (χ1) is 17.2. The number of nitrogens with one attached hydrogen (secondary N) is 1. The quantitative estimate of drug-likeness (QED) is 0.569.